The van der Waals surface area contributed by atoms with Gasteiger partial charge in [0.1, 0.15) is 0 Å². The highest BCUT2D eigenvalue weighted by Crippen LogP contribution is 2.22. The SMILES string of the molecule is CC1OB(O)c2cc(CO)ccc21. The molecule has 2 N–H and O–H groups in total. The van der Waals surface area contributed by atoms with Gasteiger partial charge >= 0.3 is 7.12 Å². The molecule has 0 aromatic heterocycles. The number of hydrogen-bond acceptors (Lipinski definition) is 3. The van der Waals surface area contributed by atoms with Gasteiger partial charge in [0.25, 0.3) is 0 Å². The number of benzene rings is 1. The van der Waals surface area contributed by atoms with E-state index in [0.717, 1.165) is 16.6 Å². The topological polar surface area (TPSA) is 49.7 Å². The summed E-state index contributed by atoms with van der Waals surface area (Å²) in [6.07, 6.45) is -0.0576. The van der Waals surface area contributed by atoms with Gasteiger partial charge in [-0.1, -0.05) is 18.2 Å². The molecule has 3 nitrogen and oxygen atoms in total. The van der Waals surface area contributed by atoms with Crippen LogP contribution in [-0.2, 0) is 11.3 Å². The molecule has 0 aliphatic carbocycles. The van der Waals surface area contributed by atoms with Gasteiger partial charge in [-0.3, -0.25) is 0 Å². The van der Waals surface area contributed by atoms with Crippen molar-refractivity contribution in [2.24, 2.45) is 0 Å². The molecule has 2 rings (SSSR count). The maximum absolute atomic E-state index is 9.47. The van der Waals surface area contributed by atoms with Crippen LogP contribution in [0.15, 0.2) is 18.2 Å². The molecule has 0 saturated carbocycles. The van der Waals surface area contributed by atoms with Gasteiger partial charge in [-0.2, -0.15) is 0 Å². The molecule has 1 aromatic rings. The maximum atomic E-state index is 9.47. The average molecular weight is 178 g/mol. The van der Waals surface area contributed by atoms with Crippen molar-refractivity contribution >= 4 is 12.6 Å². The molecule has 1 atom stereocenters. The zero-order valence-corrected chi connectivity index (χ0v) is 7.40. The van der Waals surface area contributed by atoms with Crippen molar-refractivity contribution in [3.63, 3.8) is 0 Å². The molecule has 1 aliphatic rings. The first-order chi connectivity index (χ1) is 6.22. The van der Waals surface area contributed by atoms with Crippen LogP contribution in [-0.4, -0.2) is 17.2 Å². The van der Waals surface area contributed by atoms with Gasteiger partial charge < -0.3 is 14.8 Å². The van der Waals surface area contributed by atoms with Crippen LogP contribution in [0.1, 0.15) is 24.2 Å². The van der Waals surface area contributed by atoms with Gasteiger partial charge in [0, 0.05) is 0 Å². The van der Waals surface area contributed by atoms with E-state index >= 15 is 0 Å². The van der Waals surface area contributed by atoms with Crippen molar-refractivity contribution in [1.82, 2.24) is 0 Å². The molecular weight excluding hydrogens is 167 g/mol. The number of aliphatic hydroxyl groups is 1. The van der Waals surface area contributed by atoms with Crippen molar-refractivity contribution in [2.75, 3.05) is 0 Å². The van der Waals surface area contributed by atoms with E-state index in [1.54, 1.807) is 6.07 Å². The van der Waals surface area contributed by atoms with Crippen molar-refractivity contribution in [3.8, 4) is 0 Å². The standard InChI is InChI=1S/C9H11BO3/c1-6-8-3-2-7(5-11)4-9(8)10(12)13-6/h2-4,6,11-12H,5H2,1H3. The van der Waals surface area contributed by atoms with Gasteiger partial charge in [-0.15, -0.1) is 0 Å². The first-order valence-corrected chi connectivity index (χ1v) is 4.29. The lowest BCUT2D eigenvalue weighted by molar-refractivity contribution is 0.209. The Morgan fingerprint density at radius 3 is 3.00 bits per heavy atom. The summed E-state index contributed by atoms with van der Waals surface area (Å²) < 4.78 is 5.20. The Bertz CT molecular complexity index is 327. The van der Waals surface area contributed by atoms with Crippen molar-refractivity contribution in [1.29, 1.82) is 0 Å². The Kier molecular flexibility index (Phi) is 2.11. The summed E-state index contributed by atoms with van der Waals surface area (Å²) in [6, 6.07) is 5.52. The number of rotatable bonds is 1. The fourth-order valence-corrected chi connectivity index (χ4v) is 1.65. The Morgan fingerprint density at radius 2 is 2.31 bits per heavy atom. The quantitative estimate of drug-likeness (QED) is 0.593. The molecule has 13 heavy (non-hydrogen) atoms. The van der Waals surface area contributed by atoms with E-state index in [1.807, 2.05) is 19.1 Å². The molecule has 1 heterocycles. The smallest absolute Gasteiger partial charge is 0.423 e. The van der Waals surface area contributed by atoms with Crippen LogP contribution >= 0.6 is 0 Å². The number of fused-ring (bicyclic) bond motifs is 1. The van der Waals surface area contributed by atoms with Crippen LogP contribution in [0.5, 0.6) is 0 Å². The zero-order chi connectivity index (χ0) is 9.42. The number of hydrogen-bond donors (Lipinski definition) is 2. The van der Waals surface area contributed by atoms with Crippen molar-refractivity contribution in [2.45, 2.75) is 19.6 Å². The number of aliphatic hydroxyl groups excluding tert-OH is 1. The molecule has 4 heteroatoms. The van der Waals surface area contributed by atoms with Gasteiger partial charge in [0.2, 0.25) is 0 Å². The highest BCUT2D eigenvalue weighted by atomic mass is 16.5. The van der Waals surface area contributed by atoms with E-state index in [2.05, 4.69) is 0 Å². The first kappa shape index (κ1) is 8.75. The van der Waals surface area contributed by atoms with Crippen molar-refractivity contribution < 1.29 is 14.8 Å². The molecule has 0 saturated heterocycles. The molecule has 0 bridgehead atoms. The van der Waals surface area contributed by atoms with Crippen LogP contribution in [0.3, 0.4) is 0 Å². The minimum Gasteiger partial charge on any atom is -0.423 e. The fraction of sp³-hybridized carbons (Fsp3) is 0.333. The van der Waals surface area contributed by atoms with E-state index < -0.39 is 7.12 Å². The zero-order valence-electron chi connectivity index (χ0n) is 7.40. The highest BCUT2D eigenvalue weighted by molar-refractivity contribution is 6.61. The maximum Gasteiger partial charge on any atom is 0.491 e. The summed E-state index contributed by atoms with van der Waals surface area (Å²) in [5, 5.41) is 18.4. The third-order valence-electron chi connectivity index (χ3n) is 2.37. The summed E-state index contributed by atoms with van der Waals surface area (Å²) in [4.78, 5) is 0. The molecule has 68 valence electrons. The third kappa shape index (κ3) is 1.37. The van der Waals surface area contributed by atoms with Gasteiger partial charge in [-0.05, 0) is 23.5 Å². The summed E-state index contributed by atoms with van der Waals surface area (Å²) >= 11 is 0. The van der Waals surface area contributed by atoms with Gasteiger partial charge in [0.05, 0.1) is 12.7 Å². The predicted molar refractivity (Wildman–Crippen MR) is 49.5 cm³/mol. The lowest BCUT2D eigenvalue weighted by Crippen LogP contribution is -2.28. The van der Waals surface area contributed by atoms with Crippen LogP contribution in [0.4, 0.5) is 0 Å². The molecule has 0 fully saturated rings. The highest BCUT2D eigenvalue weighted by Gasteiger charge is 2.32. The van der Waals surface area contributed by atoms with Crippen molar-refractivity contribution in [3.05, 3.63) is 29.3 Å². The van der Waals surface area contributed by atoms with Crippen LogP contribution < -0.4 is 5.46 Å². The first-order valence-electron chi connectivity index (χ1n) is 4.29. The summed E-state index contributed by atoms with van der Waals surface area (Å²) in [5.41, 5.74) is 2.58. The molecule has 0 radical (unpaired) electrons. The van der Waals surface area contributed by atoms with E-state index in [1.165, 1.54) is 0 Å². The molecular formula is C9H11BO3. The van der Waals surface area contributed by atoms with Crippen LogP contribution in [0.2, 0.25) is 0 Å². The Labute approximate surface area is 77.1 Å². The minimum absolute atomic E-state index is 0.00557. The lowest BCUT2D eigenvalue weighted by Gasteiger charge is -2.03. The second kappa shape index (κ2) is 3.14. The molecule has 0 amide bonds. The Balaban J connectivity index is 2.46. The summed E-state index contributed by atoms with van der Waals surface area (Å²) in [7, 11) is -0.837. The Hall–Kier alpha value is -0.835. The second-order valence-electron chi connectivity index (χ2n) is 3.25. The normalized spacial score (nSPS) is 20.5. The van der Waals surface area contributed by atoms with E-state index in [9.17, 15) is 5.02 Å². The fourth-order valence-electron chi connectivity index (χ4n) is 1.65. The minimum atomic E-state index is -0.837. The molecule has 0 spiro atoms. The average Bonchev–Trinajstić information content (AvgIpc) is 2.42. The predicted octanol–water partition coefficient (Wildman–Crippen LogP) is -0.0424. The van der Waals surface area contributed by atoms with Crippen LogP contribution in [0, 0.1) is 0 Å². The second-order valence-corrected chi connectivity index (χ2v) is 3.25. The largest absolute Gasteiger partial charge is 0.491 e. The third-order valence-corrected chi connectivity index (χ3v) is 2.37. The molecule has 1 aliphatic heterocycles. The van der Waals surface area contributed by atoms with E-state index in [0.29, 0.717) is 0 Å². The van der Waals surface area contributed by atoms with E-state index in [4.69, 9.17) is 9.76 Å². The molecule has 1 aromatic carbocycles. The van der Waals surface area contributed by atoms with Gasteiger partial charge in [-0.25, -0.2) is 0 Å². The monoisotopic (exact) mass is 178 g/mol. The van der Waals surface area contributed by atoms with E-state index in [-0.39, 0.29) is 12.7 Å². The summed E-state index contributed by atoms with van der Waals surface area (Å²) in [6.45, 7) is 1.89. The molecule has 1 unspecified atom stereocenters. The summed E-state index contributed by atoms with van der Waals surface area (Å²) in [5.74, 6) is 0. The lowest BCUT2D eigenvalue weighted by atomic mass is 9.78. The Morgan fingerprint density at radius 1 is 1.54 bits per heavy atom. The van der Waals surface area contributed by atoms with Crippen LogP contribution in [0.25, 0.3) is 0 Å². The van der Waals surface area contributed by atoms with Gasteiger partial charge in [0.15, 0.2) is 0 Å².